The van der Waals surface area contributed by atoms with Gasteiger partial charge in [0.2, 0.25) is 17.5 Å². The minimum atomic E-state index is -1.80. The molecule has 3 unspecified atom stereocenters. The molecule has 11 heteroatoms. The molecule has 0 spiro atoms. The lowest BCUT2D eigenvalue weighted by Gasteiger charge is -2.39. The third-order valence-corrected chi connectivity index (χ3v) is 5.13. The maximum Gasteiger partial charge on any atom is 0.239 e. The number of phenols is 3. The van der Waals surface area contributed by atoms with Crippen molar-refractivity contribution in [3.8, 4) is 34.3 Å². The molecule has 11 nitrogen and oxygen atoms in total. The van der Waals surface area contributed by atoms with E-state index in [-0.39, 0.29) is 33.8 Å². The summed E-state index contributed by atoms with van der Waals surface area (Å²) < 4.78 is 16.6. The SMILES string of the molecule is O=c1c(O[C@H]2OC(CO)[C@H](O)C(O)C2O)c(-c2ccc(O)cc2)oc2cc(O)cc(O)c12. The number of aliphatic hydroxyl groups excluding tert-OH is 4. The van der Waals surface area contributed by atoms with Crippen LogP contribution < -0.4 is 10.2 Å². The van der Waals surface area contributed by atoms with Gasteiger partial charge in [-0.05, 0) is 24.3 Å². The molecule has 3 aromatic rings. The summed E-state index contributed by atoms with van der Waals surface area (Å²) in [5.74, 6) is -1.73. The van der Waals surface area contributed by atoms with E-state index in [0.717, 1.165) is 12.1 Å². The quantitative estimate of drug-likeness (QED) is 0.279. The van der Waals surface area contributed by atoms with Crippen LogP contribution in [0.3, 0.4) is 0 Å². The predicted octanol–water partition coefficient (Wildman–Crippen LogP) is -0.244. The highest BCUT2D eigenvalue weighted by atomic mass is 16.7. The van der Waals surface area contributed by atoms with Crippen LogP contribution in [0.5, 0.6) is 23.0 Å². The summed E-state index contributed by atoms with van der Waals surface area (Å²) in [5.41, 5.74) is -0.801. The van der Waals surface area contributed by atoms with Gasteiger partial charge in [-0.15, -0.1) is 0 Å². The molecular weight excluding hydrogens is 428 g/mol. The van der Waals surface area contributed by atoms with Crippen molar-refractivity contribution in [3.05, 3.63) is 46.6 Å². The van der Waals surface area contributed by atoms with Crippen LogP contribution in [0.2, 0.25) is 0 Å². The molecular formula is C21H20O11. The average molecular weight is 448 g/mol. The Kier molecular flexibility index (Phi) is 5.67. The lowest BCUT2D eigenvalue weighted by Crippen LogP contribution is -2.60. The highest BCUT2D eigenvalue weighted by Crippen LogP contribution is 2.37. The lowest BCUT2D eigenvalue weighted by molar-refractivity contribution is -0.277. The Bertz CT molecular complexity index is 1190. The largest absolute Gasteiger partial charge is 0.508 e. The molecule has 0 radical (unpaired) electrons. The minimum Gasteiger partial charge on any atom is -0.508 e. The summed E-state index contributed by atoms with van der Waals surface area (Å²) in [6, 6.07) is 7.48. The number of hydrogen-bond donors (Lipinski definition) is 7. The summed E-state index contributed by atoms with van der Waals surface area (Å²) >= 11 is 0. The van der Waals surface area contributed by atoms with E-state index in [1.807, 2.05) is 0 Å². The van der Waals surface area contributed by atoms with E-state index in [0.29, 0.717) is 0 Å². The van der Waals surface area contributed by atoms with Crippen LogP contribution in [-0.2, 0) is 4.74 Å². The zero-order chi connectivity index (χ0) is 23.2. The second kappa shape index (κ2) is 8.30. The number of aliphatic hydroxyl groups is 4. The van der Waals surface area contributed by atoms with Crippen molar-refractivity contribution in [1.29, 1.82) is 0 Å². The van der Waals surface area contributed by atoms with E-state index in [1.54, 1.807) is 0 Å². The maximum absolute atomic E-state index is 13.2. The van der Waals surface area contributed by atoms with Crippen LogP contribution in [0.15, 0.2) is 45.6 Å². The molecule has 5 atom stereocenters. The Labute approximate surface area is 179 Å². The van der Waals surface area contributed by atoms with Gasteiger partial charge < -0.3 is 49.6 Å². The van der Waals surface area contributed by atoms with Crippen molar-refractivity contribution < 1.29 is 49.6 Å². The number of rotatable bonds is 4. The van der Waals surface area contributed by atoms with Gasteiger partial charge in [0.1, 0.15) is 52.6 Å². The van der Waals surface area contributed by atoms with Crippen molar-refractivity contribution in [2.75, 3.05) is 6.61 Å². The first-order valence-electron chi connectivity index (χ1n) is 9.50. The summed E-state index contributed by atoms with van der Waals surface area (Å²) in [6.07, 6.45) is -8.16. The molecule has 1 aliphatic rings. The molecule has 1 saturated heterocycles. The number of aromatic hydroxyl groups is 3. The molecule has 2 heterocycles. The zero-order valence-corrected chi connectivity index (χ0v) is 16.3. The van der Waals surface area contributed by atoms with Crippen molar-refractivity contribution in [3.63, 3.8) is 0 Å². The van der Waals surface area contributed by atoms with Crippen LogP contribution in [0.25, 0.3) is 22.3 Å². The molecule has 2 aromatic carbocycles. The molecule has 7 N–H and O–H groups in total. The van der Waals surface area contributed by atoms with Gasteiger partial charge in [-0.25, -0.2) is 0 Å². The number of benzene rings is 2. The Morgan fingerprint density at radius 2 is 1.59 bits per heavy atom. The van der Waals surface area contributed by atoms with Gasteiger partial charge in [0.05, 0.1) is 6.61 Å². The Morgan fingerprint density at radius 1 is 0.906 bits per heavy atom. The fourth-order valence-electron chi connectivity index (χ4n) is 3.46. The van der Waals surface area contributed by atoms with Crippen molar-refractivity contribution in [2.24, 2.45) is 0 Å². The highest BCUT2D eigenvalue weighted by Gasteiger charge is 2.45. The van der Waals surface area contributed by atoms with Gasteiger partial charge >= 0.3 is 0 Å². The lowest BCUT2D eigenvalue weighted by atomic mass is 9.99. The number of phenolic OH excluding ortho intramolecular Hbond substituents is 3. The van der Waals surface area contributed by atoms with Gasteiger partial charge in [-0.3, -0.25) is 4.79 Å². The van der Waals surface area contributed by atoms with Crippen LogP contribution in [-0.4, -0.2) is 73.1 Å². The molecule has 0 aliphatic carbocycles. The summed E-state index contributed by atoms with van der Waals surface area (Å²) in [5, 5.41) is 68.8. The third kappa shape index (κ3) is 3.72. The molecule has 1 aliphatic heterocycles. The molecule has 4 rings (SSSR count). The van der Waals surface area contributed by atoms with Crippen LogP contribution >= 0.6 is 0 Å². The molecule has 0 amide bonds. The average Bonchev–Trinajstić information content (AvgIpc) is 2.75. The number of fused-ring (bicyclic) bond motifs is 1. The number of hydrogen-bond acceptors (Lipinski definition) is 11. The predicted molar refractivity (Wildman–Crippen MR) is 107 cm³/mol. The molecule has 1 aromatic heterocycles. The third-order valence-electron chi connectivity index (χ3n) is 5.13. The fraction of sp³-hybridized carbons (Fsp3) is 0.286. The van der Waals surface area contributed by atoms with E-state index in [2.05, 4.69) is 0 Å². The van der Waals surface area contributed by atoms with Crippen LogP contribution in [0.4, 0.5) is 0 Å². The summed E-state index contributed by atoms with van der Waals surface area (Å²) in [4.78, 5) is 13.2. The topological polar surface area (TPSA) is 190 Å². The van der Waals surface area contributed by atoms with E-state index in [1.165, 1.54) is 24.3 Å². The van der Waals surface area contributed by atoms with Gasteiger partial charge in [0, 0.05) is 17.7 Å². The second-order valence-corrected chi connectivity index (χ2v) is 7.29. The monoisotopic (exact) mass is 448 g/mol. The first kappa shape index (κ1) is 21.9. The molecule has 0 saturated carbocycles. The van der Waals surface area contributed by atoms with E-state index >= 15 is 0 Å². The molecule has 32 heavy (non-hydrogen) atoms. The van der Waals surface area contributed by atoms with E-state index in [9.17, 15) is 40.5 Å². The smallest absolute Gasteiger partial charge is 0.239 e. The second-order valence-electron chi connectivity index (χ2n) is 7.29. The normalized spacial score (nSPS) is 25.7. The molecule has 0 bridgehead atoms. The Morgan fingerprint density at radius 3 is 2.25 bits per heavy atom. The van der Waals surface area contributed by atoms with E-state index < -0.39 is 54.2 Å². The van der Waals surface area contributed by atoms with Gasteiger partial charge in [-0.2, -0.15) is 0 Å². The van der Waals surface area contributed by atoms with Crippen molar-refractivity contribution in [2.45, 2.75) is 30.7 Å². The van der Waals surface area contributed by atoms with Gasteiger partial charge in [0.15, 0.2) is 5.76 Å². The first-order chi connectivity index (χ1) is 15.2. The Balaban J connectivity index is 1.89. The summed E-state index contributed by atoms with van der Waals surface area (Å²) in [7, 11) is 0. The van der Waals surface area contributed by atoms with Crippen LogP contribution in [0.1, 0.15) is 0 Å². The standard InChI is InChI=1S/C21H20O11/c22-7-13-15(26)17(28)18(29)21(31-13)32-20-16(27)14-11(25)5-10(24)6-12(14)30-19(20)8-1-3-9(23)4-2-8/h1-6,13,15,17-18,21-26,28-29H,7H2/t13?,15-,17?,18?,21+/m0/s1. The Hall–Kier alpha value is -3.35. The fourth-order valence-corrected chi connectivity index (χ4v) is 3.46. The maximum atomic E-state index is 13.2. The molecule has 1 fully saturated rings. The number of ether oxygens (including phenoxy) is 2. The molecule has 170 valence electrons. The van der Waals surface area contributed by atoms with E-state index in [4.69, 9.17) is 13.9 Å². The van der Waals surface area contributed by atoms with Crippen molar-refractivity contribution in [1.82, 2.24) is 0 Å². The highest BCUT2D eigenvalue weighted by molar-refractivity contribution is 5.88. The van der Waals surface area contributed by atoms with Gasteiger partial charge in [-0.1, -0.05) is 0 Å². The van der Waals surface area contributed by atoms with Crippen LogP contribution in [0, 0.1) is 0 Å². The van der Waals surface area contributed by atoms with Gasteiger partial charge in [0.25, 0.3) is 0 Å². The van der Waals surface area contributed by atoms with Crippen molar-refractivity contribution >= 4 is 11.0 Å². The minimum absolute atomic E-state index is 0.0661. The zero-order valence-electron chi connectivity index (χ0n) is 16.3. The first-order valence-corrected chi connectivity index (χ1v) is 9.50. The summed E-state index contributed by atoms with van der Waals surface area (Å²) in [6.45, 7) is -0.706.